The third kappa shape index (κ3) is 3.91. The first-order chi connectivity index (χ1) is 17.3. The van der Waals surface area contributed by atoms with Crippen molar-refractivity contribution in [2.24, 2.45) is 5.92 Å². The maximum Gasteiger partial charge on any atom is 0.355 e. The Morgan fingerprint density at radius 3 is 2.69 bits per heavy atom. The first-order valence-electron chi connectivity index (χ1n) is 11.4. The highest BCUT2D eigenvalue weighted by Gasteiger charge is 2.25. The summed E-state index contributed by atoms with van der Waals surface area (Å²) in [6, 6.07) is 2.87. The van der Waals surface area contributed by atoms with Gasteiger partial charge in [0, 0.05) is 47.4 Å². The lowest BCUT2D eigenvalue weighted by atomic mass is 9.95. The summed E-state index contributed by atoms with van der Waals surface area (Å²) < 4.78 is 45.3. The molecule has 0 saturated carbocycles. The Balaban J connectivity index is 1.80. The van der Waals surface area contributed by atoms with E-state index in [0.29, 0.717) is 36.3 Å². The summed E-state index contributed by atoms with van der Waals surface area (Å²) >= 11 is 0. The van der Waals surface area contributed by atoms with E-state index in [0.717, 1.165) is 19.3 Å². The van der Waals surface area contributed by atoms with Crippen LogP contribution in [0.1, 0.15) is 31.7 Å². The van der Waals surface area contributed by atoms with Gasteiger partial charge in [0.1, 0.15) is 28.7 Å². The van der Waals surface area contributed by atoms with Crippen molar-refractivity contribution in [1.29, 1.82) is 0 Å². The molecule has 2 aromatic carbocycles. The van der Waals surface area contributed by atoms with Gasteiger partial charge >= 0.3 is 6.01 Å². The van der Waals surface area contributed by atoms with Crippen LogP contribution in [0.4, 0.5) is 24.7 Å². The number of nitrogens with two attached hydrogens (primary N) is 1. The predicted octanol–water partition coefficient (Wildman–Crippen LogP) is 5.30. The van der Waals surface area contributed by atoms with E-state index in [1.165, 1.54) is 18.3 Å². The fraction of sp³-hybridized carbons (Fsp3) is 0.269. The van der Waals surface area contributed by atoms with E-state index in [1.807, 2.05) is 4.90 Å². The molecule has 1 fully saturated rings. The Bertz CT molecular complexity index is 1550. The van der Waals surface area contributed by atoms with E-state index >= 15 is 4.39 Å². The van der Waals surface area contributed by atoms with Gasteiger partial charge in [-0.05, 0) is 30.9 Å². The number of rotatable bonds is 3. The second-order valence-electron chi connectivity index (χ2n) is 9.00. The summed E-state index contributed by atoms with van der Waals surface area (Å²) in [5, 5.41) is 9.50. The first-order valence-corrected chi connectivity index (χ1v) is 11.4. The minimum absolute atomic E-state index is 0.00535. The number of anilines is 2. The lowest BCUT2D eigenvalue weighted by molar-refractivity contribution is -0.145. The van der Waals surface area contributed by atoms with Gasteiger partial charge in [-0.15, -0.1) is 6.42 Å². The van der Waals surface area contributed by atoms with Gasteiger partial charge in [-0.2, -0.15) is 15.2 Å². The zero-order chi connectivity index (χ0) is 25.6. The van der Waals surface area contributed by atoms with Gasteiger partial charge in [-0.25, -0.2) is 13.2 Å². The van der Waals surface area contributed by atoms with Crippen LogP contribution in [0.25, 0.3) is 32.9 Å². The minimum Gasteiger partial charge on any atom is -0.399 e. The van der Waals surface area contributed by atoms with E-state index in [1.54, 1.807) is 0 Å². The molecule has 2 aromatic heterocycles. The van der Waals surface area contributed by atoms with Gasteiger partial charge in [0.05, 0.1) is 10.9 Å². The molecule has 3 N–H and O–H groups in total. The molecule has 3 heterocycles. The standard InChI is InChI=1S/C26H22F3N5O2/c1-3-15-19(27)10-20(28)16-8-14(30)9-17(21(15)16)23-22(29)24-18(11-31-23)25(33-26(32-24)36-35)34-7-5-4-6-13(2)12-34/h1,8-11,13,35H,4-7,12,30H2,2H3. The molecule has 5 rings (SSSR count). The summed E-state index contributed by atoms with van der Waals surface area (Å²) in [6.07, 6.45) is 9.92. The van der Waals surface area contributed by atoms with Gasteiger partial charge in [0.25, 0.3) is 0 Å². The highest BCUT2D eigenvalue weighted by atomic mass is 19.1. The Morgan fingerprint density at radius 2 is 1.94 bits per heavy atom. The number of nitrogens with zero attached hydrogens (tertiary/aromatic N) is 4. The van der Waals surface area contributed by atoms with Gasteiger partial charge in [-0.1, -0.05) is 19.3 Å². The van der Waals surface area contributed by atoms with Crippen molar-refractivity contribution in [1.82, 2.24) is 15.0 Å². The molecule has 1 saturated heterocycles. The topological polar surface area (TPSA) is 97.4 Å². The molecule has 1 aliphatic rings. The van der Waals surface area contributed by atoms with Crippen molar-refractivity contribution < 1.29 is 23.3 Å². The predicted molar refractivity (Wildman–Crippen MR) is 131 cm³/mol. The van der Waals surface area contributed by atoms with Crippen LogP contribution in [0.2, 0.25) is 0 Å². The molecule has 184 valence electrons. The Morgan fingerprint density at radius 1 is 1.14 bits per heavy atom. The molecule has 0 radical (unpaired) electrons. The molecule has 4 aromatic rings. The van der Waals surface area contributed by atoms with Crippen LogP contribution in [-0.2, 0) is 0 Å². The number of fused-ring (bicyclic) bond motifs is 2. The third-order valence-electron chi connectivity index (χ3n) is 6.49. The molecule has 7 nitrogen and oxygen atoms in total. The van der Waals surface area contributed by atoms with E-state index in [2.05, 4.69) is 32.7 Å². The zero-order valence-electron chi connectivity index (χ0n) is 19.4. The Hall–Kier alpha value is -4.10. The van der Waals surface area contributed by atoms with E-state index in [4.69, 9.17) is 12.2 Å². The van der Waals surface area contributed by atoms with Crippen LogP contribution >= 0.6 is 0 Å². The number of benzene rings is 2. The van der Waals surface area contributed by atoms with Crippen molar-refractivity contribution in [2.75, 3.05) is 23.7 Å². The van der Waals surface area contributed by atoms with Crippen LogP contribution in [0.5, 0.6) is 6.01 Å². The normalized spacial score (nSPS) is 16.2. The van der Waals surface area contributed by atoms with Gasteiger partial charge in [-0.3, -0.25) is 9.87 Å². The molecular weight excluding hydrogens is 471 g/mol. The van der Waals surface area contributed by atoms with Crippen molar-refractivity contribution in [2.45, 2.75) is 26.2 Å². The average molecular weight is 493 g/mol. The number of hydrogen-bond acceptors (Lipinski definition) is 7. The number of nitrogen functional groups attached to an aromatic ring is 1. The van der Waals surface area contributed by atoms with Crippen LogP contribution in [0.15, 0.2) is 24.4 Å². The summed E-state index contributed by atoms with van der Waals surface area (Å²) in [5.41, 5.74) is 5.39. The lowest BCUT2D eigenvalue weighted by Gasteiger charge is -2.25. The summed E-state index contributed by atoms with van der Waals surface area (Å²) in [7, 11) is 0. The molecule has 0 aliphatic carbocycles. The van der Waals surface area contributed by atoms with Crippen LogP contribution < -0.4 is 15.5 Å². The van der Waals surface area contributed by atoms with Crippen LogP contribution in [0.3, 0.4) is 0 Å². The summed E-state index contributed by atoms with van der Waals surface area (Å²) in [6.45, 7) is 3.47. The number of hydrogen-bond donors (Lipinski definition) is 2. The number of aromatic nitrogens is 3. The van der Waals surface area contributed by atoms with Gasteiger partial charge < -0.3 is 10.6 Å². The molecule has 0 spiro atoms. The number of halogens is 3. The van der Waals surface area contributed by atoms with Gasteiger partial charge in [0.2, 0.25) is 0 Å². The molecule has 10 heteroatoms. The maximum atomic E-state index is 16.1. The van der Waals surface area contributed by atoms with E-state index < -0.39 is 23.5 Å². The Kier molecular flexibility index (Phi) is 6.02. The molecule has 36 heavy (non-hydrogen) atoms. The van der Waals surface area contributed by atoms with Crippen LogP contribution in [0, 0.1) is 35.7 Å². The molecule has 0 amide bonds. The van der Waals surface area contributed by atoms with Crippen molar-refractivity contribution >= 4 is 33.2 Å². The van der Waals surface area contributed by atoms with Crippen molar-refractivity contribution in [3.05, 3.63) is 47.4 Å². The molecular formula is C26H22F3N5O2. The number of pyridine rings is 1. The van der Waals surface area contributed by atoms with E-state index in [-0.39, 0.29) is 38.8 Å². The fourth-order valence-corrected chi connectivity index (χ4v) is 4.87. The molecule has 1 aliphatic heterocycles. The highest BCUT2D eigenvalue weighted by molar-refractivity contribution is 6.04. The quantitative estimate of drug-likeness (QED) is 0.173. The highest BCUT2D eigenvalue weighted by Crippen LogP contribution is 2.39. The van der Waals surface area contributed by atoms with Gasteiger partial charge in [0.15, 0.2) is 5.82 Å². The largest absolute Gasteiger partial charge is 0.399 e. The summed E-state index contributed by atoms with van der Waals surface area (Å²) in [5.74, 6) is 0.189. The van der Waals surface area contributed by atoms with E-state index in [9.17, 15) is 14.0 Å². The third-order valence-corrected chi connectivity index (χ3v) is 6.49. The first kappa shape index (κ1) is 23.6. The Labute approximate surface area is 204 Å². The molecule has 1 atom stereocenters. The second-order valence-corrected chi connectivity index (χ2v) is 9.00. The SMILES string of the molecule is C#Cc1c(F)cc(F)c2cc(N)cc(-c3ncc4c(N5CCCCC(C)C5)nc(OO)nc4c3F)c12. The summed E-state index contributed by atoms with van der Waals surface area (Å²) in [4.78, 5) is 18.9. The second kappa shape index (κ2) is 9.17. The lowest BCUT2D eigenvalue weighted by Crippen LogP contribution is -2.28. The number of terminal acetylenes is 1. The van der Waals surface area contributed by atoms with Crippen LogP contribution in [-0.4, -0.2) is 33.3 Å². The van der Waals surface area contributed by atoms with Crippen molar-refractivity contribution in [3.8, 4) is 29.6 Å². The fourth-order valence-electron chi connectivity index (χ4n) is 4.87. The average Bonchev–Trinajstić information content (AvgIpc) is 3.08. The molecule has 0 bridgehead atoms. The zero-order valence-corrected chi connectivity index (χ0v) is 19.4. The monoisotopic (exact) mass is 493 g/mol. The molecule has 1 unspecified atom stereocenters. The van der Waals surface area contributed by atoms with Crippen molar-refractivity contribution in [3.63, 3.8) is 0 Å². The minimum atomic E-state index is -0.967. The maximum absolute atomic E-state index is 16.1. The smallest absolute Gasteiger partial charge is 0.355 e.